The van der Waals surface area contributed by atoms with Crippen LogP contribution in [0.25, 0.3) is 0 Å². The molecular formula is C14H17PS4. The van der Waals surface area contributed by atoms with Crippen LogP contribution < -0.4 is 0 Å². The summed E-state index contributed by atoms with van der Waals surface area (Å²) >= 11 is 14.0. The summed E-state index contributed by atoms with van der Waals surface area (Å²) in [5, 5.41) is 0. The Kier molecular flexibility index (Phi) is 5.24. The smallest absolute Gasteiger partial charge is 0.0705 e. The number of aryl methyl sites for hydroxylation is 2. The predicted molar refractivity (Wildman–Crippen MR) is 100 cm³/mol. The van der Waals surface area contributed by atoms with Crippen molar-refractivity contribution in [3.05, 3.63) is 59.7 Å². The van der Waals surface area contributed by atoms with Crippen molar-refractivity contribution in [1.29, 1.82) is 0 Å². The van der Waals surface area contributed by atoms with E-state index in [1.165, 1.54) is 20.9 Å². The summed E-state index contributed by atoms with van der Waals surface area (Å²) in [6.07, 6.45) is 0. The molecule has 2 rings (SSSR count). The van der Waals surface area contributed by atoms with Crippen LogP contribution in [0.1, 0.15) is 11.1 Å². The van der Waals surface area contributed by atoms with E-state index in [9.17, 15) is 0 Å². The van der Waals surface area contributed by atoms with E-state index < -0.39 is 3.64 Å². The minimum Gasteiger partial charge on any atom is -0.126 e. The molecule has 0 radical (unpaired) electrons. The van der Waals surface area contributed by atoms with Crippen molar-refractivity contribution in [2.75, 3.05) is 0 Å². The molecule has 102 valence electrons. The molecule has 0 heterocycles. The fraction of sp³-hybridized carbons (Fsp3) is 0.143. The second-order valence-corrected chi connectivity index (χ2v) is 20.4. The van der Waals surface area contributed by atoms with Crippen LogP contribution in [0.15, 0.2) is 58.3 Å². The average Bonchev–Trinajstić information content (AvgIpc) is 2.33. The molecular weight excluding hydrogens is 327 g/mol. The Morgan fingerprint density at radius 3 is 1.26 bits per heavy atom. The van der Waals surface area contributed by atoms with Gasteiger partial charge < -0.3 is 0 Å². The van der Waals surface area contributed by atoms with Crippen molar-refractivity contribution in [3.8, 4) is 0 Å². The summed E-state index contributed by atoms with van der Waals surface area (Å²) in [7, 11) is -0.181. The Bertz CT molecular complexity index is 568. The minimum atomic E-state index is -1.89. The first kappa shape index (κ1) is 15.7. The van der Waals surface area contributed by atoms with Crippen molar-refractivity contribution >= 4 is 50.5 Å². The lowest BCUT2D eigenvalue weighted by Crippen LogP contribution is -1.92. The number of hydrogen-bond donors (Lipinski definition) is 3. The zero-order valence-corrected chi connectivity index (χ0v) is 15.2. The highest BCUT2D eigenvalue weighted by Gasteiger charge is 2.13. The molecule has 0 N–H and O–H groups in total. The molecule has 0 atom stereocenters. The summed E-state index contributed by atoms with van der Waals surface area (Å²) in [6, 6.07) is 17.2. The van der Waals surface area contributed by atoms with Crippen LogP contribution in [-0.2, 0) is 10.1 Å². The zero-order valence-electron chi connectivity index (χ0n) is 10.8. The van der Waals surface area contributed by atoms with E-state index in [1.54, 1.807) is 0 Å². The predicted octanol–water partition coefficient (Wildman–Crippen LogP) is 5.81. The molecule has 0 unspecified atom stereocenters. The third-order valence-corrected chi connectivity index (χ3v) is 11.8. The topological polar surface area (TPSA) is 0 Å². The van der Waals surface area contributed by atoms with Crippen LogP contribution in [-0.4, -0.2) is 0 Å². The SMILES string of the molecule is Cc1ccc(S(c2ccc(C)cc2)=P(S)(S)S)cc1. The molecule has 0 aliphatic rings. The van der Waals surface area contributed by atoms with Crippen LogP contribution in [0.2, 0.25) is 0 Å². The van der Waals surface area contributed by atoms with E-state index in [1.807, 2.05) is 0 Å². The van der Waals surface area contributed by atoms with Gasteiger partial charge in [0.2, 0.25) is 0 Å². The number of hydrogen-bond acceptors (Lipinski definition) is 0. The highest BCUT2D eigenvalue weighted by molar-refractivity contribution is 9.17. The fourth-order valence-corrected chi connectivity index (χ4v) is 10.9. The Labute approximate surface area is 133 Å². The van der Waals surface area contributed by atoms with Gasteiger partial charge in [0, 0.05) is 9.79 Å². The van der Waals surface area contributed by atoms with E-state index in [0.29, 0.717) is 0 Å². The lowest BCUT2D eigenvalue weighted by atomic mass is 10.2. The molecule has 0 fully saturated rings. The van der Waals surface area contributed by atoms with Gasteiger partial charge in [-0.05, 0) is 38.1 Å². The standard InChI is InChI=1S/C14H17PS4/c1-11-3-7-13(8-4-11)19(15(16,17)18)14-9-5-12(2)6-10-14/h3-10,16-18H,1-2H3. The molecule has 0 spiro atoms. The van der Waals surface area contributed by atoms with Crippen molar-refractivity contribution in [2.45, 2.75) is 23.6 Å². The van der Waals surface area contributed by atoms with E-state index in [-0.39, 0.29) is 10.1 Å². The Hall–Kier alpha value is 0.270. The third-order valence-electron chi connectivity index (χ3n) is 2.73. The highest BCUT2D eigenvalue weighted by atomic mass is 33.5. The molecule has 0 aliphatic heterocycles. The summed E-state index contributed by atoms with van der Waals surface area (Å²) < 4.78 is -1.89. The summed E-state index contributed by atoms with van der Waals surface area (Å²) in [4.78, 5) is 2.51. The van der Waals surface area contributed by atoms with Crippen LogP contribution in [0.4, 0.5) is 0 Å². The van der Waals surface area contributed by atoms with E-state index in [0.717, 1.165) is 0 Å². The zero-order chi connectivity index (χ0) is 14.0. The van der Waals surface area contributed by atoms with Crippen LogP contribution in [0.5, 0.6) is 0 Å². The Morgan fingerprint density at radius 2 is 1.00 bits per heavy atom. The normalized spacial score (nSPS) is 11.9. The van der Waals surface area contributed by atoms with Crippen molar-refractivity contribution in [3.63, 3.8) is 0 Å². The van der Waals surface area contributed by atoms with Crippen LogP contribution in [0, 0.1) is 13.8 Å². The summed E-state index contributed by atoms with van der Waals surface area (Å²) in [5.74, 6) is 0. The fourth-order valence-electron chi connectivity index (χ4n) is 1.75. The highest BCUT2D eigenvalue weighted by Crippen LogP contribution is 2.67. The van der Waals surface area contributed by atoms with Gasteiger partial charge in [-0.15, -0.1) is 46.8 Å². The van der Waals surface area contributed by atoms with Gasteiger partial charge in [-0.25, -0.2) is 0 Å². The molecule has 19 heavy (non-hydrogen) atoms. The van der Waals surface area contributed by atoms with E-state index in [4.69, 9.17) is 0 Å². The number of rotatable bonds is 2. The van der Waals surface area contributed by atoms with E-state index >= 15 is 0 Å². The number of thiol groups is 3. The maximum absolute atomic E-state index is 4.68. The molecule has 0 nitrogen and oxygen atoms in total. The van der Waals surface area contributed by atoms with Gasteiger partial charge in [0.15, 0.2) is 0 Å². The summed E-state index contributed by atoms with van der Waals surface area (Å²) in [5.41, 5.74) is 2.52. The molecule has 0 aromatic heterocycles. The molecule has 0 saturated carbocycles. The molecule has 0 aliphatic carbocycles. The average molecular weight is 345 g/mol. The van der Waals surface area contributed by atoms with Gasteiger partial charge in [-0.3, -0.25) is 0 Å². The summed E-state index contributed by atoms with van der Waals surface area (Å²) in [6.45, 7) is 4.19. The maximum atomic E-state index is 4.68. The monoisotopic (exact) mass is 344 g/mol. The van der Waals surface area contributed by atoms with Crippen LogP contribution >= 0.6 is 40.4 Å². The maximum Gasteiger partial charge on any atom is 0.0705 e. The van der Waals surface area contributed by atoms with Gasteiger partial charge >= 0.3 is 0 Å². The molecule has 0 saturated heterocycles. The Morgan fingerprint density at radius 1 is 0.684 bits per heavy atom. The van der Waals surface area contributed by atoms with Crippen molar-refractivity contribution in [1.82, 2.24) is 0 Å². The Balaban J connectivity index is 2.62. The molecule has 0 bridgehead atoms. The van der Waals surface area contributed by atoms with Gasteiger partial charge in [-0.1, -0.05) is 35.4 Å². The molecule has 2 aromatic carbocycles. The minimum absolute atomic E-state index is 0.181. The molecule has 5 heteroatoms. The second-order valence-electron chi connectivity index (χ2n) is 4.42. The first-order valence-electron chi connectivity index (χ1n) is 5.83. The second kappa shape index (κ2) is 6.36. The molecule has 2 aromatic rings. The van der Waals surface area contributed by atoms with Gasteiger partial charge in [0.25, 0.3) is 0 Å². The molecule has 0 amide bonds. The quantitative estimate of drug-likeness (QED) is 0.444. The van der Waals surface area contributed by atoms with Crippen molar-refractivity contribution < 1.29 is 0 Å². The largest absolute Gasteiger partial charge is 0.126 e. The first-order valence-corrected chi connectivity index (χ1v) is 12.9. The van der Waals surface area contributed by atoms with Gasteiger partial charge in [0.05, 0.1) is 3.64 Å². The van der Waals surface area contributed by atoms with Crippen molar-refractivity contribution in [2.24, 2.45) is 0 Å². The lowest BCUT2D eigenvalue weighted by molar-refractivity contribution is 1.34. The third kappa shape index (κ3) is 4.12. The van der Waals surface area contributed by atoms with E-state index in [2.05, 4.69) is 99.1 Å². The van der Waals surface area contributed by atoms with Gasteiger partial charge in [-0.2, -0.15) is 0 Å². The van der Waals surface area contributed by atoms with Crippen LogP contribution in [0.3, 0.4) is 0 Å². The number of benzene rings is 2. The first-order chi connectivity index (χ1) is 8.88. The van der Waals surface area contributed by atoms with Gasteiger partial charge in [0.1, 0.15) is 0 Å². The lowest BCUT2D eigenvalue weighted by Gasteiger charge is -2.18.